The maximum atomic E-state index is 6.12. The highest BCUT2D eigenvalue weighted by atomic mass is 35.5. The van der Waals surface area contributed by atoms with Crippen LogP contribution in [0.25, 0.3) is 0 Å². The summed E-state index contributed by atoms with van der Waals surface area (Å²) in [7, 11) is 0. The largest absolute Gasteiger partial charge is 0.370 e. The monoisotopic (exact) mass is 310 g/mol. The number of nitrogens with one attached hydrogen (secondary N) is 2. The van der Waals surface area contributed by atoms with Crippen molar-refractivity contribution >= 4 is 40.7 Å². The first-order valence-electron chi connectivity index (χ1n) is 6.40. The molecule has 2 aromatic rings. The van der Waals surface area contributed by atoms with Crippen LogP contribution in [-0.4, -0.2) is 16.5 Å². The predicted molar refractivity (Wildman–Crippen MR) is 85.3 cm³/mol. The van der Waals surface area contributed by atoms with Crippen molar-refractivity contribution in [2.24, 2.45) is 0 Å². The smallest absolute Gasteiger partial charge is 0.229 e. The Balaban J connectivity index is 2.24. The molecule has 1 aromatic carbocycles. The fourth-order valence-corrected chi connectivity index (χ4v) is 2.02. The molecule has 0 amide bonds. The minimum Gasteiger partial charge on any atom is -0.370 e. The zero-order valence-corrected chi connectivity index (χ0v) is 12.9. The number of hydrogen-bond donors (Lipinski definition) is 2. The highest BCUT2D eigenvalue weighted by Gasteiger charge is 2.06. The highest BCUT2D eigenvalue weighted by Crippen LogP contribution is 2.27. The average Bonchev–Trinajstić information content (AvgIpc) is 2.40. The lowest BCUT2D eigenvalue weighted by molar-refractivity contribution is 0.962. The van der Waals surface area contributed by atoms with Crippen molar-refractivity contribution in [3.8, 4) is 0 Å². The van der Waals surface area contributed by atoms with Gasteiger partial charge in [-0.1, -0.05) is 30.1 Å². The lowest BCUT2D eigenvalue weighted by Crippen LogP contribution is -2.06. The normalized spacial score (nSPS) is 10.4. The molecule has 0 aliphatic carbocycles. The number of hydrogen-bond acceptors (Lipinski definition) is 4. The summed E-state index contributed by atoms with van der Waals surface area (Å²) in [5.41, 5.74) is 1.56. The van der Waals surface area contributed by atoms with E-state index in [1.54, 1.807) is 18.2 Å². The van der Waals surface area contributed by atoms with Gasteiger partial charge in [0.1, 0.15) is 5.82 Å². The fraction of sp³-hybridized carbons (Fsp3) is 0.286. The Labute approximate surface area is 128 Å². The lowest BCUT2D eigenvalue weighted by Gasteiger charge is -2.10. The number of benzene rings is 1. The van der Waals surface area contributed by atoms with E-state index in [2.05, 4.69) is 27.5 Å². The summed E-state index contributed by atoms with van der Waals surface area (Å²) in [6.07, 6.45) is 1.03. The second-order valence-corrected chi connectivity index (χ2v) is 5.24. The molecule has 106 valence electrons. The van der Waals surface area contributed by atoms with Crippen LogP contribution in [0.15, 0.2) is 24.3 Å². The molecule has 0 radical (unpaired) electrons. The van der Waals surface area contributed by atoms with E-state index in [0.29, 0.717) is 21.7 Å². The molecule has 0 aliphatic rings. The van der Waals surface area contributed by atoms with Crippen molar-refractivity contribution < 1.29 is 0 Å². The van der Waals surface area contributed by atoms with E-state index in [0.717, 1.165) is 24.5 Å². The van der Waals surface area contributed by atoms with Crippen molar-refractivity contribution in [1.29, 1.82) is 0 Å². The first-order chi connectivity index (χ1) is 9.58. The molecular formula is C14H16Cl2N4. The molecule has 0 saturated heterocycles. The van der Waals surface area contributed by atoms with Gasteiger partial charge in [0.05, 0.1) is 10.7 Å². The molecule has 0 saturated carbocycles. The van der Waals surface area contributed by atoms with Crippen LogP contribution in [0.4, 0.5) is 17.5 Å². The zero-order chi connectivity index (χ0) is 14.5. The molecular weight excluding hydrogens is 295 g/mol. The number of nitrogens with zero attached hydrogens (tertiary/aromatic N) is 2. The first-order valence-corrected chi connectivity index (χ1v) is 7.15. The molecule has 0 aliphatic heterocycles. The van der Waals surface area contributed by atoms with Gasteiger partial charge in [0, 0.05) is 23.3 Å². The molecule has 1 heterocycles. The van der Waals surface area contributed by atoms with E-state index in [1.807, 2.05) is 13.0 Å². The van der Waals surface area contributed by atoms with Crippen LogP contribution in [0.5, 0.6) is 0 Å². The molecule has 2 N–H and O–H groups in total. The summed E-state index contributed by atoms with van der Waals surface area (Å²) in [6, 6.07) is 7.12. The van der Waals surface area contributed by atoms with Gasteiger partial charge in [0.15, 0.2) is 0 Å². The number of aromatic nitrogens is 2. The van der Waals surface area contributed by atoms with Crippen LogP contribution in [0.1, 0.15) is 19.0 Å². The fourth-order valence-electron chi connectivity index (χ4n) is 1.68. The van der Waals surface area contributed by atoms with Crippen LogP contribution in [0, 0.1) is 6.92 Å². The van der Waals surface area contributed by atoms with Crippen LogP contribution in [-0.2, 0) is 0 Å². The Kier molecular flexibility index (Phi) is 5.04. The molecule has 4 nitrogen and oxygen atoms in total. The third-order valence-electron chi connectivity index (χ3n) is 2.59. The minimum absolute atomic E-state index is 0.493. The summed E-state index contributed by atoms with van der Waals surface area (Å²) in [6.45, 7) is 4.89. The van der Waals surface area contributed by atoms with E-state index in [9.17, 15) is 0 Å². The van der Waals surface area contributed by atoms with Crippen LogP contribution in [0.3, 0.4) is 0 Å². The number of halogens is 2. The zero-order valence-electron chi connectivity index (χ0n) is 11.4. The molecule has 2 rings (SSSR count). The van der Waals surface area contributed by atoms with Crippen molar-refractivity contribution in [2.45, 2.75) is 20.3 Å². The topological polar surface area (TPSA) is 49.8 Å². The molecule has 6 heteroatoms. The van der Waals surface area contributed by atoms with Gasteiger partial charge in [-0.15, -0.1) is 0 Å². The Morgan fingerprint density at radius 3 is 2.70 bits per heavy atom. The maximum absolute atomic E-state index is 6.12. The third-order valence-corrected chi connectivity index (χ3v) is 3.15. The molecule has 0 unspecified atom stereocenters. The molecule has 0 bridgehead atoms. The van der Waals surface area contributed by atoms with Gasteiger partial charge in [-0.25, -0.2) is 4.98 Å². The second kappa shape index (κ2) is 6.77. The second-order valence-electron chi connectivity index (χ2n) is 4.39. The van der Waals surface area contributed by atoms with Gasteiger partial charge >= 0.3 is 0 Å². The number of anilines is 3. The minimum atomic E-state index is 0.493. The van der Waals surface area contributed by atoms with Crippen molar-refractivity contribution in [3.63, 3.8) is 0 Å². The van der Waals surface area contributed by atoms with Crippen molar-refractivity contribution in [2.75, 3.05) is 17.2 Å². The number of aryl methyl sites for hydroxylation is 1. The van der Waals surface area contributed by atoms with Crippen LogP contribution < -0.4 is 10.6 Å². The van der Waals surface area contributed by atoms with E-state index < -0.39 is 0 Å². The van der Waals surface area contributed by atoms with Gasteiger partial charge < -0.3 is 10.6 Å². The van der Waals surface area contributed by atoms with E-state index in [-0.39, 0.29) is 0 Å². The van der Waals surface area contributed by atoms with Gasteiger partial charge in [-0.05, 0) is 31.5 Å². The van der Waals surface area contributed by atoms with E-state index >= 15 is 0 Å². The first kappa shape index (κ1) is 14.9. The summed E-state index contributed by atoms with van der Waals surface area (Å²) >= 11 is 12.1. The lowest BCUT2D eigenvalue weighted by atomic mass is 10.3. The maximum Gasteiger partial charge on any atom is 0.229 e. The molecule has 0 atom stereocenters. The van der Waals surface area contributed by atoms with E-state index in [4.69, 9.17) is 23.2 Å². The van der Waals surface area contributed by atoms with Gasteiger partial charge in [0.2, 0.25) is 5.95 Å². The standard InChI is InChI=1S/C14H16Cl2N4/c1-3-6-17-13-7-9(2)18-14(20-13)19-12-8-10(15)4-5-11(12)16/h4-5,7-8H,3,6H2,1-2H3,(H2,17,18,19,20). The predicted octanol–water partition coefficient (Wildman–Crippen LogP) is 4.66. The molecule has 0 fully saturated rings. The molecule has 1 aromatic heterocycles. The van der Waals surface area contributed by atoms with Crippen LogP contribution in [0.2, 0.25) is 10.0 Å². The Morgan fingerprint density at radius 2 is 1.95 bits per heavy atom. The SMILES string of the molecule is CCCNc1cc(C)nc(Nc2cc(Cl)ccc2Cl)n1. The Hall–Kier alpha value is -1.52. The average molecular weight is 311 g/mol. The summed E-state index contributed by atoms with van der Waals surface area (Å²) in [4.78, 5) is 8.75. The number of rotatable bonds is 5. The summed E-state index contributed by atoms with van der Waals surface area (Å²) < 4.78 is 0. The van der Waals surface area contributed by atoms with Crippen molar-refractivity contribution in [3.05, 3.63) is 40.0 Å². The van der Waals surface area contributed by atoms with Gasteiger partial charge in [-0.3, -0.25) is 0 Å². The highest BCUT2D eigenvalue weighted by molar-refractivity contribution is 6.35. The Bertz CT molecular complexity index is 602. The third kappa shape index (κ3) is 3.99. The van der Waals surface area contributed by atoms with Gasteiger partial charge in [-0.2, -0.15) is 4.98 Å². The van der Waals surface area contributed by atoms with Gasteiger partial charge in [0.25, 0.3) is 0 Å². The summed E-state index contributed by atoms with van der Waals surface area (Å²) in [5.74, 6) is 1.28. The summed E-state index contributed by atoms with van der Waals surface area (Å²) in [5, 5.41) is 7.51. The quantitative estimate of drug-likeness (QED) is 0.843. The molecule has 0 spiro atoms. The van der Waals surface area contributed by atoms with Crippen LogP contribution >= 0.6 is 23.2 Å². The molecule has 20 heavy (non-hydrogen) atoms. The van der Waals surface area contributed by atoms with E-state index in [1.165, 1.54) is 0 Å². The Morgan fingerprint density at radius 1 is 1.15 bits per heavy atom. The van der Waals surface area contributed by atoms with Crippen molar-refractivity contribution in [1.82, 2.24) is 9.97 Å².